The van der Waals surface area contributed by atoms with Crippen LogP contribution >= 0.6 is 0 Å². The van der Waals surface area contributed by atoms with E-state index in [2.05, 4.69) is 0 Å². The van der Waals surface area contributed by atoms with Crippen LogP contribution in [-0.4, -0.2) is 65.6 Å². The van der Waals surface area contributed by atoms with E-state index in [-0.39, 0.29) is 30.9 Å². The van der Waals surface area contributed by atoms with Crippen LogP contribution < -0.4 is 0 Å². The lowest BCUT2D eigenvalue weighted by molar-refractivity contribution is -0.151. The Kier molecular flexibility index (Phi) is 6.04. The largest absolute Gasteiger partial charge is 0.396 e. The summed E-state index contributed by atoms with van der Waals surface area (Å²) >= 11 is 0. The van der Waals surface area contributed by atoms with Gasteiger partial charge in [-0.2, -0.15) is 0 Å². The molecule has 0 spiro atoms. The minimum absolute atomic E-state index is 0.0400. The number of aliphatic hydroxyl groups is 1. The predicted molar refractivity (Wildman–Crippen MR) is 92.6 cm³/mol. The van der Waals surface area contributed by atoms with Crippen LogP contribution in [0.2, 0.25) is 0 Å². The molecule has 3 rings (SSSR count). The monoisotopic (exact) mass is 346 g/mol. The summed E-state index contributed by atoms with van der Waals surface area (Å²) in [4.78, 5) is 28.4. The summed E-state index contributed by atoms with van der Waals surface area (Å²) in [6.07, 6.45) is 2.04. The Morgan fingerprint density at radius 1 is 1.20 bits per heavy atom. The maximum Gasteiger partial charge on any atom is 0.252 e. The molecular formula is C19H26N2O4. The van der Waals surface area contributed by atoms with Gasteiger partial charge in [-0.25, -0.2) is 0 Å². The summed E-state index contributed by atoms with van der Waals surface area (Å²) in [5.74, 6) is 0.0634. The summed E-state index contributed by atoms with van der Waals surface area (Å²) in [6.45, 7) is 2.41. The number of amides is 2. The average Bonchev–Trinajstić information content (AvgIpc) is 2.75. The van der Waals surface area contributed by atoms with Gasteiger partial charge in [-0.05, 0) is 24.8 Å². The van der Waals surface area contributed by atoms with Crippen molar-refractivity contribution in [2.24, 2.45) is 5.92 Å². The van der Waals surface area contributed by atoms with Crippen molar-refractivity contribution in [2.45, 2.75) is 32.0 Å². The number of likely N-dealkylation sites (tertiary alicyclic amines) is 2. The van der Waals surface area contributed by atoms with E-state index < -0.39 is 6.10 Å². The molecule has 2 heterocycles. The number of benzene rings is 1. The highest BCUT2D eigenvalue weighted by Gasteiger charge is 2.34. The standard InChI is InChI=1S/C19H26N2O4/c22-13-16-10-21(11-16)18(23)12-20-9-5-4-8-17(19(20)24)25-14-15-6-2-1-3-7-15/h1-3,6-7,16-17,22H,4-5,8-14H2. The van der Waals surface area contributed by atoms with Gasteiger partial charge in [0.05, 0.1) is 13.2 Å². The second kappa shape index (κ2) is 8.45. The van der Waals surface area contributed by atoms with Gasteiger partial charge in [0.15, 0.2) is 0 Å². The summed E-state index contributed by atoms with van der Waals surface area (Å²) in [5, 5.41) is 9.05. The van der Waals surface area contributed by atoms with Crippen molar-refractivity contribution < 1.29 is 19.4 Å². The molecule has 1 aromatic rings. The summed E-state index contributed by atoms with van der Waals surface area (Å²) in [6, 6.07) is 9.80. The number of hydrogen-bond donors (Lipinski definition) is 1. The molecule has 2 saturated heterocycles. The van der Waals surface area contributed by atoms with Crippen molar-refractivity contribution in [3.63, 3.8) is 0 Å². The predicted octanol–water partition coefficient (Wildman–Crippen LogP) is 1.03. The van der Waals surface area contributed by atoms with Crippen LogP contribution in [0.4, 0.5) is 0 Å². The van der Waals surface area contributed by atoms with E-state index in [1.54, 1.807) is 9.80 Å². The van der Waals surface area contributed by atoms with Crippen molar-refractivity contribution in [1.82, 2.24) is 9.80 Å². The van der Waals surface area contributed by atoms with Crippen LogP contribution in [0, 0.1) is 5.92 Å². The molecule has 136 valence electrons. The lowest BCUT2D eigenvalue weighted by atomic mass is 10.0. The molecule has 0 saturated carbocycles. The molecule has 0 bridgehead atoms. The number of carbonyl (C=O) groups is 2. The summed E-state index contributed by atoms with van der Waals surface area (Å²) < 4.78 is 5.86. The zero-order chi connectivity index (χ0) is 17.6. The van der Waals surface area contributed by atoms with Gasteiger partial charge in [0.2, 0.25) is 5.91 Å². The number of ether oxygens (including phenoxy) is 1. The van der Waals surface area contributed by atoms with Crippen molar-refractivity contribution in [3.05, 3.63) is 35.9 Å². The van der Waals surface area contributed by atoms with Gasteiger partial charge in [0.25, 0.3) is 5.91 Å². The number of nitrogens with zero attached hydrogens (tertiary/aromatic N) is 2. The van der Waals surface area contributed by atoms with Gasteiger partial charge in [-0.1, -0.05) is 30.3 Å². The molecule has 2 aliphatic rings. The Morgan fingerprint density at radius 2 is 1.96 bits per heavy atom. The first-order valence-corrected chi connectivity index (χ1v) is 9.00. The highest BCUT2D eigenvalue weighted by Crippen LogP contribution is 2.19. The molecule has 0 aliphatic carbocycles. The van der Waals surface area contributed by atoms with Gasteiger partial charge in [-0.3, -0.25) is 9.59 Å². The normalized spacial score (nSPS) is 21.8. The minimum atomic E-state index is -0.475. The van der Waals surface area contributed by atoms with Crippen LogP contribution in [0.5, 0.6) is 0 Å². The van der Waals surface area contributed by atoms with E-state index in [1.165, 1.54) is 0 Å². The second-order valence-corrected chi connectivity index (χ2v) is 6.89. The first-order valence-electron chi connectivity index (χ1n) is 9.00. The van der Waals surface area contributed by atoms with Crippen molar-refractivity contribution in [3.8, 4) is 0 Å². The molecule has 2 aliphatic heterocycles. The molecule has 6 nitrogen and oxygen atoms in total. The number of aliphatic hydroxyl groups excluding tert-OH is 1. The van der Waals surface area contributed by atoms with Crippen LogP contribution in [0.3, 0.4) is 0 Å². The Morgan fingerprint density at radius 3 is 2.68 bits per heavy atom. The minimum Gasteiger partial charge on any atom is -0.396 e. The smallest absolute Gasteiger partial charge is 0.252 e. The topological polar surface area (TPSA) is 70.1 Å². The summed E-state index contributed by atoms with van der Waals surface area (Å²) in [7, 11) is 0. The quantitative estimate of drug-likeness (QED) is 0.835. The Balaban J connectivity index is 1.53. The Labute approximate surface area is 148 Å². The van der Waals surface area contributed by atoms with Crippen LogP contribution in [0.15, 0.2) is 30.3 Å². The molecule has 0 radical (unpaired) electrons. The van der Waals surface area contributed by atoms with Crippen LogP contribution in [-0.2, 0) is 20.9 Å². The zero-order valence-electron chi connectivity index (χ0n) is 14.5. The third-order valence-electron chi connectivity index (χ3n) is 4.92. The highest BCUT2D eigenvalue weighted by molar-refractivity contribution is 5.87. The summed E-state index contributed by atoms with van der Waals surface area (Å²) in [5.41, 5.74) is 1.04. The molecule has 1 aromatic carbocycles. The molecule has 1 N–H and O–H groups in total. The van der Waals surface area contributed by atoms with Crippen LogP contribution in [0.25, 0.3) is 0 Å². The second-order valence-electron chi connectivity index (χ2n) is 6.89. The van der Waals surface area contributed by atoms with E-state index in [0.29, 0.717) is 32.7 Å². The molecule has 25 heavy (non-hydrogen) atoms. The number of hydrogen-bond acceptors (Lipinski definition) is 4. The Bertz CT molecular complexity index is 586. The lowest BCUT2D eigenvalue weighted by Gasteiger charge is -2.39. The third-order valence-corrected chi connectivity index (χ3v) is 4.92. The molecule has 2 fully saturated rings. The van der Waals surface area contributed by atoms with Gasteiger partial charge >= 0.3 is 0 Å². The first kappa shape index (κ1) is 17.9. The van der Waals surface area contributed by atoms with E-state index in [4.69, 9.17) is 9.84 Å². The highest BCUT2D eigenvalue weighted by atomic mass is 16.5. The molecule has 6 heteroatoms. The lowest BCUT2D eigenvalue weighted by Crippen LogP contribution is -2.55. The fraction of sp³-hybridized carbons (Fsp3) is 0.579. The van der Waals surface area contributed by atoms with E-state index in [0.717, 1.165) is 18.4 Å². The Hall–Kier alpha value is -1.92. The fourth-order valence-electron chi connectivity index (χ4n) is 3.30. The first-order chi connectivity index (χ1) is 12.2. The molecular weight excluding hydrogens is 320 g/mol. The van der Waals surface area contributed by atoms with Gasteiger partial charge in [0.1, 0.15) is 6.10 Å². The zero-order valence-corrected chi connectivity index (χ0v) is 14.5. The molecule has 1 unspecified atom stereocenters. The number of rotatable bonds is 6. The molecule has 0 aromatic heterocycles. The van der Waals surface area contributed by atoms with Crippen molar-refractivity contribution >= 4 is 11.8 Å². The van der Waals surface area contributed by atoms with Crippen molar-refractivity contribution in [1.29, 1.82) is 0 Å². The van der Waals surface area contributed by atoms with E-state index >= 15 is 0 Å². The average molecular weight is 346 g/mol. The maximum atomic E-state index is 12.7. The van der Waals surface area contributed by atoms with Gasteiger partial charge < -0.3 is 19.6 Å². The van der Waals surface area contributed by atoms with E-state index in [9.17, 15) is 9.59 Å². The number of carbonyl (C=O) groups excluding carboxylic acids is 2. The van der Waals surface area contributed by atoms with E-state index in [1.807, 2.05) is 30.3 Å². The fourth-order valence-corrected chi connectivity index (χ4v) is 3.30. The SMILES string of the molecule is O=C(CN1CCCCC(OCc2ccccc2)C1=O)N1CC(CO)C1. The van der Waals surface area contributed by atoms with Crippen LogP contribution in [0.1, 0.15) is 24.8 Å². The maximum absolute atomic E-state index is 12.7. The molecule has 2 amide bonds. The molecule has 1 atom stereocenters. The third kappa shape index (κ3) is 4.58. The van der Waals surface area contributed by atoms with Crippen molar-refractivity contribution in [2.75, 3.05) is 32.8 Å². The van der Waals surface area contributed by atoms with Gasteiger partial charge in [-0.15, -0.1) is 0 Å². The van der Waals surface area contributed by atoms with Gasteiger partial charge in [0, 0.05) is 32.2 Å².